The van der Waals surface area contributed by atoms with Gasteiger partial charge in [0.2, 0.25) is 10.0 Å². The predicted molar refractivity (Wildman–Crippen MR) is 83.4 cm³/mol. The molecular formula is C15H20ClNO4S. The lowest BCUT2D eigenvalue weighted by Crippen LogP contribution is -2.31. The van der Waals surface area contributed by atoms with Crippen molar-refractivity contribution < 1.29 is 17.9 Å². The van der Waals surface area contributed by atoms with Gasteiger partial charge in [0.25, 0.3) is 0 Å². The Morgan fingerprint density at radius 2 is 2.14 bits per heavy atom. The van der Waals surface area contributed by atoms with E-state index in [0.717, 1.165) is 6.42 Å². The van der Waals surface area contributed by atoms with Crippen LogP contribution in [-0.4, -0.2) is 52.2 Å². The maximum absolute atomic E-state index is 12.8. The molecule has 3 atom stereocenters. The van der Waals surface area contributed by atoms with Gasteiger partial charge in [0.05, 0.1) is 17.7 Å². The first-order valence-electron chi connectivity index (χ1n) is 7.39. The van der Waals surface area contributed by atoms with Gasteiger partial charge in [0.15, 0.2) is 0 Å². The van der Waals surface area contributed by atoms with Crippen LogP contribution in [-0.2, 0) is 19.5 Å². The van der Waals surface area contributed by atoms with Gasteiger partial charge >= 0.3 is 0 Å². The van der Waals surface area contributed by atoms with Crippen molar-refractivity contribution in [1.29, 1.82) is 0 Å². The first-order valence-corrected chi connectivity index (χ1v) is 9.21. The lowest BCUT2D eigenvalue weighted by atomic mass is 9.91. The van der Waals surface area contributed by atoms with Gasteiger partial charge in [0.1, 0.15) is 4.90 Å². The summed E-state index contributed by atoms with van der Waals surface area (Å²) in [5.41, 5.74) is 0. The zero-order chi connectivity index (χ0) is 15.7. The van der Waals surface area contributed by atoms with Gasteiger partial charge < -0.3 is 9.47 Å². The maximum Gasteiger partial charge on any atom is 0.244 e. The van der Waals surface area contributed by atoms with Crippen LogP contribution >= 0.6 is 11.6 Å². The van der Waals surface area contributed by atoms with Gasteiger partial charge in [0, 0.05) is 32.7 Å². The number of ether oxygens (including phenoxy) is 2. The quantitative estimate of drug-likeness (QED) is 0.819. The SMILES string of the molecule is COCC[C@@H]1CO[C@@H]2CN(S(=O)(=O)c3ccccc3Cl)C[C@H]12. The highest BCUT2D eigenvalue weighted by molar-refractivity contribution is 7.89. The van der Waals surface area contributed by atoms with Crippen LogP contribution in [0, 0.1) is 11.8 Å². The number of hydrogen-bond donors (Lipinski definition) is 0. The van der Waals surface area contributed by atoms with Crippen LogP contribution in [0.2, 0.25) is 5.02 Å². The molecule has 0 bridgehead atoms. The molecule has 5 nitrogen and oxygen atoms in total. The van der Waals surface area contributed by atoms with E-state index < -0.39 is 10.0 Å². The molecule has 1 aromatic rings. The zero-order valence-corrected chi connectivity index (χ0v) is 14.0. The molecule has 2 aliphatic rings. The molecular weight excluding hydrogens is 326 g/mol. The molecule has 122 valence electrons. The van der Waals surface area contributed by atoms with Crippen LogP contribution in [0.4, 0.5) is 0 Å². The van der Waals surface area contributed by atoms with Crippen molar-refractivity contribution >= 4 is 21.6 Å². The average molecular weight is 346 g/mol. The molecule has 2 saturated heterocycles. The Morgan fingerprint density at radius 3 is 2.86 bits per heavy atom. The minimum Gasteiger partial charge on any atom is -0.385 e. The van der Waals surface area contributed by atoms with Crippen LogP contribution in [0.3, 0.4) is 0 Å². The Hall–Kier alpha value is -0.660. The summed E-state index contributed by atoms with van der Waals surface area (Å²) in [6.45, 7) is 2.27. The van der Waals surface area contributed by atoms with Gasteiger partial charge in [-0.05, 0) is 24.5 Å². The van der Waals surface area contributed by atoms with Gasteiger partial charge in [-0.15, -0.1) is 0 Å². The summed E-state index contributed by atoms with van der Waals surface area (Å²) < 4.78 is 37.9. The summed E-state index contributed by atoms with van der Waals surface area (Å²) >= 11 is 6.05. The van der Waals surface area contributed by atoms with E-state index in [0.29, 0.717) is 32.2 Å². The zero-order valence-electron chi connectivity index (χ0n) is 12.4. The van der Waals surface area contributed by atoms with Crippen molar-refractivity contribution in [2.75, 3.05) is 33.4 Å². The summed E-state index contributed by atoms with van der Waals surface area (Å²) in [5, 5.41) is 0.261. The largest absolute Gasteiger partial charge is 0.385 e. The molecule has 7 heteroatoms. The highest BCUT2D eigenvalue weighted by Crippen LogP contribution is 2.38. The van der Waals surface area contributed by atoms with E-state index in [1.165, 1.54) is 4.31 Å². The topological polar surface area (TPSA) is 55.8 Å². The molecule has 0 aromatic heterocycles. The van der Waals surface area contributed by atoms with Crippen LogP contribution in [0.15, 0.2) is 29.2 Å². The Kier molecular flexibility index (Phi) is 4.75. The third-order valence-electron chi connectivity index (χ3n) is 4.55. The summed E-state index contributed by atoms with van der Waals surface area (Å²) in [7, 11) is -1.89. The molecule has 2 fully saturated rings. The molecule has 0 saturated carbocycles. The van der Waals surface area contributed by atoms with Crippen LogP contribution in [0.25, 0.3) is 0 Å². The molecule has 0 N–H and O–H groups in total. The average Bonchev–Trinajstić information content (AvgIpc) is 3.06. The van der Waals surface area contributed by atoms with E-state index in [2.05, 4.69) is 0 Å². The third kappa shape index (κ3) is 2.90. The van der Waals surface area contributed by atoms with E-state index in [1.807, 2.05) is 0 Å². The molecule has 22 heavy (non-hydrogen) atoms. The van der Waals surface area contributed by atoms with E-state index in [9.17, 15) is 8.42 Å². The minimum absolute atomic E-state index is 0.0147. The van der Waals surface area contributed by atoms with Gasteiger partial charge in [-0.2, -0.15) is 4.31 Å². The standard InChI is InChI=1S/C15H20ClNO4S/c1-20-7-6-11-10-21-14-9-17(8-12(11)14)22(18,19)15-5-3-2-4-13(15)16/h2-5,11-12,14H,6-10H2,1H3/t11-,12-,14-/m1/s1. The summed E-state index contributed by atoms with van der Waals surface area (Å²) in [5.74, 6) is 0.601. The van der Waals surface area contributed by atoms with Crippen molar-refractivity contribution in [3.63, 3.8) is 0 Å². The third-order valence-corrected chi connectivity index (χ3v) is 6.88. The van der Waals surface area contributed by atoms with Gasteiger partial charge in [-0.3, -0.25) is 0 Å². The normalized spacial score (nSPS) is 28.9. The van der Waals surface area contributed by atoms with Crippen molar-refractivity contribution in [2.24, 2.45) is 11.8 Å². The molecule has 0 unspecified atom stereocenters. The lowest BCUT2D eigenvalue weighted by molar-refractivity contribution is 0.100. The number of methoxy groups -OCH3 is 1. The summed E-state index contributed by atoms with van der Waals surface area (Å²) in [6, 6.07) is 6.57. The van der Waals surface area contributed by atoms with E-state index in [4.69, 9.17) is 21.1 Å². The molecule has 0 amide bonds. The van der Waals surface area contributed by atoms with Gasteiger partial charge in [-0.25, -0.2) is 8.42 Å². The summed E-state index contributed by atoms with van der Waals surface area (Å²) in [4.78, 5) is 0.171. The molecule has 0 aliphatic carbocycles. The van der Waals surface area contributed by atoms with Crippen LogP contribution in [0.5, 0.6) is 0 Å². The predicted octanol–water partition coefficient (Wildman–Crippen LogP) is 2.01. The Labute approximate surface area is 136 Å². The second-order valence-electron chi connectivity index (χ2n) is 5.83. The molecule has 0 spiro atoms. The monoisotopic (exact) mass is 345 g/mol. The van der Waals surface area contributed by atoms with Crippen molar-refractivity contribution in [1.82, 2.24) is 4.31 Å². The maximum atomic E-state index is 12.8. The smallest absolute Gasteiger partial charge is 0.244 e. The molecule has 2 aliphatic heterocycles. The number of fused-ring (bicyclic) bond motifs is 1. The number of hydrogen-bond acceptors (Lipinski definition) is 4. The Bertz CT molecular complexity index is 636. The number of halogens is 1. The van der Waals surface area contributed by atoms with E-state index in [1.54, 1.807) is 31.4 Å². The molecule has 1 aromatic carbocycles. The number of rotatable bonds is 5. The second-order valence-corrected chi connectivity index (χ2v) is 8.14. The summed E-state index contributed by atoms with van der Waals surface area (Å²) in [6.07, 6.45) is 0.886. The van der Waals surface area contributed by atoms with E-state index >= 15 is 0 Å². The van der Waals surface area contributed by atoms with Gasteiger partial charge in [-0.1, -0.05) is 23.7 Å². The Balaban J connectivity index is 1.77. The number of nitrogens with zero attached hydrogens (tertiary/aromatic N) is 1. The molecule has 0 radical (unpaired) electrons. The highest BCUT2D eigenvalue weighted by Gasteiger charge is 2.47. The lowest BCUT2D eigenvalue weighted by Gasteiger charge is -2.20. The van der Waals surface area contributed by atoms with Crippen molar-refractivity contribution in [2.45, 2.75) is 17.4 Å². The number of sulfonamides is 1. The first kappa shape index (κ1) is 16.2. The minimum atomic E-state index is -3.57. The molecule has 3 rings (SSSR count). The first-order chi connectivity index (χ1) is 10.5. The van der Waals surface area contributed by atoms with Crippen molar-refractivity contribution in [3.8, 4) is 0 Å². The number of benzene rings is 1. The van der Waals surface area contributed by atoms with Crippen LogP contribution < -0.4 is 0 Å². The fourth-order valence-corrected chi connectivity index (χ4v) is 5.30. The highest BCUT2D eigenvalue weighted by atomic mass is 35.5. The van der Waals surface area contributed by atoms with Crippen LogP contribution in [0.1, 0.15) is 6.42 Å². The van der Waals surface area contributed by atoms with Crippen molar-refractivity contribution in [3.05, 3.63) is 29.3 Å². The van der Waals surface area contributed by atoms with E-state index in [-0.39, 0.29) is 21.9 Å². The molecule has 2 heterocycles. The Morgan fingerprint density at radius 1 is 1.36 bits per heavy atom. The fourth-order valence-electron chi connectivity index (χ4n) is 3.32. The fraction of sp³-hybridized carbons (Fsp3) is 0.600. The second kappa shape index (κ2) is 6.45.